The van der Waals surface area contributed by atoms with Crippen molar-refractivity contribution in [2.24, 2.45) is 11.3 Å². The predicted molar refractivity (Wildman–Crippen MR) is 72.5 cm³/mol. The summed E-state index contributed by atoms with van der Waals surface area (Å²) in [6.45, 7) is 1.44. The first kappa shape index (κ1) is 13.8. The number of nitrogens with one attached hydrogen (secondary N) is 2. The van der Waals surface area contributed by atoms with Crippen molar-refractivity contribution in [1.29, 1.82) is 0 Å². The highest BCUT2D eigenvalue weighted by atomic mass is 16.5. The van der Waals surface area contributed by atoms with Crippen LogP contribution in [0.3, 0.4) is 0 Å². The molecule has 0 saturated heterocycles. The number of aromatic nitrogens is 1. The molecule has 2 rings (SSSR count). The monoisotopic (exact) mass is 264 g/mol. The van der Waals surface area contributed by atoms with Gasteiger partial charge in [-0.25, -0.2) is 10.8 Å². The molecule has 6 nitrogen and oxygen atoms in total. The zero-order valence-corrected chi connectivity index (χ0v) is 11.1. The number of amides is 1. The van der Waals surface area contributed by atoms with Gasteiger partial charge in [-0.15, -0.1) is 0 Å². The second kappa shape index (κ2) is 5.99. The Balaban J connectivity index is 1.83. The summed E-state index contributed by atoms with van der Waals surface area (Å²) in [6, 6.07) is 3.37. The van der Waals surface area contributed by atoms with Crippen LogP contribution < -0.4 is 16.6 Å². The number of rotatable bonds is 7. The van der Waals surface area contributed by atoms with Crippen molar-refractivity contribution in [3.63, 3.8) is 0 Å². The Hall–Kier alpha value is -1.66. The lowest BCUT2D eigenvalue weighted by atomic mass is 10.0. The van der Waals surface area contributed by atoms with Crippen molar-refractivity contribution in [2.75, 3.05) is 25.7 Å². The van der Waals surface area contributed by atoms with Crippen molar-refractivity contribution in [1.82, 2.24) is 10.3 Å². The Bertz CT molecular complexity index is 429. The van der Waals surface area contributed by atoms with Crippen molar-refractivity contribution in [2.45, 2.75) is 19.3 Å². The fourth-order valence-electron chi connectivity index (χ4n) is 1.99. The molecule has 0 atom stereocenters. The van der Waals surface area contributed by atoms with E-state index in [2.05, 4.69) is 15.7 Å². The van der Waals surface area contributed by atoms with Crippen LogP contribution in [0.2, 0.25) is 0 Å². The summed E-state index contributed by atoms with van der Waals surface area (Å²) in [6.07, 6.45) is 4.83. The van der Waals surface area contributed by atoms with Gasteiger partial charge in [0.25, 0.3) is 5.91 Å². The van der Waals surface area contributed by atoms with Gasteiger partial charge in [0.05, 0.1) is 5.56 Å². The highest BCUT2D eigenvalue weighted by Crippen LogP contribution is 2.48. The van der Waals surface area contributed by atoms with Crippen LogP contribution in [-0.4, -0.2) is 31.2 Å². The van der Waals surface area contributed by atoms with E-state index in [0.29, 0.717) is 17.9 Å². The maximum Gasteiger partial charge on any atom is 0.252 e. The smallest absolute Gasteiger partial charge is 0.252 e. The van der Waals surface area contributed by atoms with Crippen LogP contribution in [0.25, 0.3) is 0 Å². The van der Waals surface area contributed by atoms with Crippen LogP contribution in [0.1, 0.15) is 29.6 Å². The minimum absolute atomic E-state index is 0.0974. The number of hydrogen-bond donors (Lipinski definition) is 3. The van der Waals surface area contributed by atoms with Crippen molar-refractivity contribution < 1.29 is 9.53 Å². The lowest BCUT2D eigenvalue weighted by Gasteiger charge is -2.15. The zero-order valence-electron chi connectivity index (χ0n) is 11.1. The molecule has 1 aromatic heterocycles. The van der Waals surface area contributed by atoms with Gasteiger partial charge in [0.1, 0.15) is 5.82 Å². The molecule has 6 heteroatoms. The van der Waals surface area contributed by atoms with Crippen LogP contribution in [-0.2, 0) is 4.74 Å². The van der Waals surface area contributed by atoms with Crippen LogP contribution in [0, 0.1) is 5.41 Å². The van der Waals surface area contributed by atoms with E-state index in [4.69, 9.17) is 10.6 Å². The molecule has 1 aliphatic rings. The molecule has 1 amide bonds. The van der Waals surface area contributed by atoms with E-state index in [0.717, 1.165) is 25.9 Å². The van der Waals surface area contributed by atoms with Gasteiger partial charge in [-0.05, 0) is 36.8 Å². The summed E-state index contributed by atoms with van der Waals surface area (Å²) in [5.74, 6) is 5.66. The Morgan fingerprint density at radius 3 is 2.84 bits per heavy atom. The standard InChI is InChI=1S/C13H20N4O2/c1-19-7-6-13(4-5-13)9-16-12(18)10-2-3-11(17-14)15-8-10/h2-3,8H,4-7,9,14H2,1H3,(H,15,17)(H,16,18). The van der Waals surface area contributed by atoms with Gasteiger partial charge >= 0.3 is 0 Å². The number of hydrazine groups is 1. The first-order valence-corrected chi connectivity index (χ1v) is 6.39. The number of anilines is 1. The fourth-order valence-corrected chi connectivity index (χ4v) is 1.99. The van der Waals surface area contributed by atoms with Crippen LogP contribution >= 0.6 is 0 Å². The van der Waals surface area contributed by atoms with Crippen LogP contribution in [0.4, 0.5) is 5.82 Å². The summed E-state index contributed by atoms with van der Waals surface area (Å²) >= 11 is 0. The van der Waals surface area contributed by atoms with Gasteiger partial charge in [-0.2, -0.15) is 0 Å². The lowest BCUT2D eigenvalue weighted by molar-refractivity contribution is 0.0937. The van der Waals surface area contributed by atoms with Gasteiger partial charge in [0, 0.05) is 26.5 Å². The highest BCUT2D eigenvalue weighted by molar-refractivity contribution is 5.94. The number of nitrogen functional groups attached to an aromatic ring is 1. The van der Waals surface area contributed by atoms with E-state index in [9.17, 15) is 4.79 Å². The number of ether oxygens (including phenoxy) is 1. The normalized spacial score (nSPS) is 15.9. The average molecular weight is 264 g/mol. The lowest BCUT2D eigenvalue weighted by Crippen LogP contribution is -2.30. The van der Waals surface area contributed by atoms with Crippen molar-refractivity contribution >= 4 is 11.7 Å². The molecule has 1 heterocycles. The summed E-state index contributed by atoms with van der Waals surface area (Å²) < 4.78 is 5.09. The van der Waals surface area contributed by atoms with E-state index in [-0.39, 0.29) is 11.3 Å². The summed E-state index contributed by atoms with van der Waals surface area (Å²) in [5, 5.41) is 2.96. The van der Waals surface area contributed by atoms with Gasteiger partial charge in [0.15, 0.2) is 0 Å². The summed E-state index contributed by atoms with van der Waals surface area (Å²) in [4.78, 5) is 16.0. The van der Waals surface area contributed by atoms with E-state index in [1.807, 2.05) is 0 Å². The molecule has 1 fully saturated rings. The number of carbonyl (C=O) groups excluding carboxylic acids is 1. The first-order chi connectivity index (χ1) is 9.19. The highest BCUT2D eigenvalue weighted by Gasteiger charge is 2.42. The number of pyridine rings is 1. The van der Waals surface area contributed by atoms with E-state index in [1.165, 1.54) is 6.20 Å². The molecule has 0 radical (unpaired) electrons. The van der Waals surface area contributed by atoms with Crippen molar-refractivity contribution in [3.05, 3.63) is 23.9 Å². The van der Waals surface area contributed by atoms with Gasteiger partial charge < -0.3 is 15.5 Å². The second-order valence-corrected chi connectivity index (χ2v) is 5.00. The molecular formula is C13H20N4O2. The van der Waals surface area contributed by atoms with Gasteiger partial charge in [0.2, 0.25) is 0 Å². The Morgan fingerprint density at radius 1 is 1.53 bits per heavy atom. The van der Waals surface area contributed by atoms with E-state index in [1.54, 1.807) is 19.2 Å². The molecule has 0 aliphatic heterocycles. The number of hydrogen-bond acceptors (Lipinski definition) is 5. The summed E-state index contributed by atoms with van der Waals surface area (Å²) in [5.41, 5.74) is 3.22. The number of nitrogens with two attached hydrogens (primary N) is 1. The third-order valence-electron chi connectivity index (χ3n) is 3.59. The quantitative estimate of drug-likeness (QED) is 0.503. The molecule has 0 unspecified atom stereocenters. The van der Waals surface area contributed by atoms with E-state index < -0.39 is 0 Å². The molecule has 4 N–H and O–H groups in total. The third kappa shape index (κ3) is 3.65. The molecular weight excluding hydrogens is 244 g/mol. The Morgan fingerprint density at radius 2 is 2.32 bits per heavy atom. The van der Waals surface area contributed by atoms with Crippen molar-refractivity contribution in [3.8, 4) is 0 Å². The molecule has 0 spiro atoms. The molecule has 19 heavy (non-hydrogen) atoms. The minimum atomic E-state index is -0.0974. The average Bonchev–Trinajstić information content (AvgIpc) is 3.23. The van der Waals surface area contributed by atoms with E-state index >= 15 is 0 Å². The molecule has 1 saturated carbocycles. The molecule has 0 aromatic carbocycles. The van der Waals surface area contributed by atoms with Gasteiger partial charge in [-0.3, -0.25) is 4.79 Å². The summed E-state index contributed by atoms with van der Waals surface area (Å²) in [7, 11) is 1.70. The number of carbonyl (C=O) groups is 1. The van der Waals surface area contributed by atoms with Crippen LogP contribution in [0.5, 0.6) is 0 Å². The number of methoxy groups -OCH3 is 1. The molecule has 0 bridgehead atoms. The fraction of sp³-hybridized carbons (Fsp3) is 0.538. The topological polar surface area (TPSA) is 89.3 Å². The zero-order chi connectivity index (χ0) is 13.7. The maximum atomic E-state index is 12.0. The predicted octanol–water partition coefficient (Wildman–Crippen LogP) is 0.914. The SMILES string of the molecule is COCCC1(CNC(=O)c2ccc(NN)nc2)CC1. The third-order valence-corrected chi connectivity index (χ3v) is 3.59. The molecule has 1 aliphatic carbocycles. The molecule has 1 aromatic rings. The Kier molecular flexibility index (Phi) is 4.34. The molecule has 104 valence electrons. The second-order valence-electron chi connectivity index (χ2n) is 5.00. The first-order valence-electron chi connectivity index (χ1n) is 6.39. The minimum Gasteiger partial charge on any atom is -0.385 e. The van der Waals surface area contributed by atoms with Gasteiger partial charge in [-0.1, -0.05) is 0 Å². The Labute approximate surface area is 112 Å². The number of nitrogens with zero attached hydrogens (tertiary/aromatic N) is 1. The maximum absolute atomic E-state index is 12.0. The van der Waals surface area contributed by atoms with Crippen LogP contribution in [0.15, 0.2) is 18.3 Å². The largest absolute Gasteiger partial charge is 0.385 e.